The van der Waals surface area contributed by atoms with Gasteiger partial charge in [0.2, 0.25) is 5.89 Å². The SMILES string of the molecule is Cn1nccc1CCNC(=O)c1noc(C2CCCN2)n1. The van der Waals surface area contributed by atoms with E-state index < -0.39 is 0 Å². The summed E-state index contributed by atoms with van der Waals surface area (Å²) >= 11 is 0. The highest BCUT2D eigenvalue weighted by Gasteiger charge is 2.24. The van der Waals surface area contributed by atoms with Crippen LogP contribution in [-0.2, 0) is 13.5 Å². The van der Waals surface area contributed by atoms with Crippen molar-refractivity contribution in [2.45, 2.75) is 25.3 Å². The third kappa shape index (κ3) is 3.10. The Morgan fingerprint density at radius 1 is 1.62 bits per heavy atom. The summed E-state index contributed by atoms with van der Waals surface area (Å²) in [4.78, 5) is 16.1. The summed E-state index contributed by atoms with van der Waals surface area (Å²) < 4.78 is 6.92. The molecule has 0 saturated carbocycles. The fourth-order valence-corrected chi connectivity index (χ4v) is 2.39. The molecule has 8 heteroatoms. The lowest BCUT2D eigenvalue weighted by Crippen LogP contribution is -2.27. The molecule has 0 spiro atoms. The quantitative estimate of drug-likeness (QED) is 0.816. The normalized spacial score (nSPS) is 18.0. The van der Waals surface area contributed by atoms with Crippen molar-refractivity contribution in [1.29, 1.82) is 0 Å². The topological polar surface area (TPSA) is 97.9 Å². The highest BCUT2D eigenvalue weighted by molar-refractivity contribution is 5.90. The van der Waals surface area contributed by atoms with Gasteiger partial charge in [0.05, 0.1) is 6.04 Å². The van der Waals surface area contributed by atoms with Crippen molar-refractivity contribution in [2.75, 3.05) is 13.1 Å². The summed E-state index contributed by atoms with van der Waals surface area (Å²) in [5.74, 6) is 0.262. The first-order valence-electron chi connectivity index (χ1n) is 7.06. The zero-order valence-corrected chi connectivity index (χ0v) is 11.9. The van der Waals surface area contributed by atoms with E-state index in [-0.39, 0.29) is 17.8 Å². The molecule has 0 aromatic carbocycles. The molecule has 112 valence electrons. The molecule has 2 aromatic rings. The second-order valence-corrected chi connectivity index (χ2v) is 5.06. The first-order chi connectivity index (χ1) is 10.2. The van der Waals surface area contributed by atoms with Gasteiger partial charge in [0.1, 0.15) is 0 Å². The average molecular weight is 290 g/mol. The van der Waals surface area contributed by atoms with Crippen molar-refractivity contribution < 1.29 is 9.32 Å². The Kier molecular flexibility index (Phi) is 3.96. The number of nitrogens with zero attached hydrogens (tertiary/aromatic N) is 4. The molecule has 0 aliphatic carbocycles. The maximum atomic E-state index is 11.9. The second kappa shape index (κ2) is 6.04. The number of hydrogen-bond acceptors (Lipinski definition) is 6. The van der Waals surface area contributed by atoms with Crippen LogP contribution in [0.3, 0.4) is 0 Å². The molecule has 21 heavy (non-hydrogen) atoms. The van der Waals surface area contributed by atoms with Crippen LogP contribution in [0.25, 0.3) is 0 Å². The van der Waals surface area contributed by atoms with Crippen LogP contribution in [0, 0.1) is 0 Å². The van der Waals surface area contributed by atoms with Gasteiger partial charge in [0, 0.05) is 31.9 Å². The van der Waals surface area contributed by atoms with Crippen LogP contribution in [0.5, 0.6) is 0 Å². The van der Waals surface area contributed by atoms with E-state index in [1.54, 1.807) is 10.9 Å². The van der Waals surface area contributed by atoms with Crippen molar-refractivity contribution in [2.24, 2.45) is 7.05 Å². The largest absolute Gasteiger partial charge is 0.349 e. The number of amides is 1. The first-order valence-corrected chi connectivity index (χ1v) is 7.06. The Bertz CT molecular complexity index is 614. The summed E-state index contributed by atoms with van der Waals surface area (Å²) in [5, 5.41) is 13.9. The number of aryl methyl sites for hydroxylation is 1. The molecule has 3 heterocycles. The van der Waals surface area contributed by atoms with E-state index in [9.17, 15) is 4.79 Å². The summed E-state index contributed by atoms with van der Waals surface area (Å²) in [7, 11) is 1.87. The lowest BCUT2D eigenvalue weighted by molar-refractivity contribution is 0.0940. The zero-order chi connectivity index (χ0) is 14.7. The van der Waals surface area contributed by atoms with Crippen LogP contribution in [0.2, 0.25) is 0 Å². The highest BCUT2D eigenvalue weighted by atomic mass is 16.5. The third-order valence-corrected chi connectivity index (χ3v) is 3.59. The van der Waals surface area contributed by atoms with Gasteiger partial charge in [0.15, 0.2) is 0 Å². The summed E-state index contributed by atoms with van der Waals surface area (Å²) in [5.41, 5.74) is 1.05. The van der Waals surface area contributed by atoms with E-state index >= 15 is 0 Å². The molecule has 1 aliphatic rings. The second-order valence-electron chi connectivity index (χ2n) is 5.06. The maximum Gasteiger partial charge on any atom is 0.292 e. The lowest BCUT2D eigenvalue weighted by atomic mass is 10.2. The van der Waals surface area contributed by atoms with E-state index in [0.29, 0.717) is 18.9 Å². The molecule has 1 fully saturated rings. The van der Waals surface area contributed by atoms with Crippen molar-refractivity contribution in [3.05, 3.63) is 29.7 Å². The van der Waals surface area contributed by atoms with E-state index in [4.69, 9.17) is 4.52 Å². The molecule has 1 saturated heterocycles. The van der Waals surface area contributed by atoms with Crippen LogP contribution >= 0.6 is 0 Å². The predicted octanol–water partition coefficient (Wildman–Crippen LogP) is 0.200. The molecule has 1 amide bonds. The molecule has 3 rings (SSSR count). The van der Waals surface area contributed by atoms with Gasteiger partial charge in [-0.2, -0.15) is 10.1 Å². The van der Waals surface area contributed by atoms with Crippen LogP contribution in [0.1, 0.15) is 41.1 Å². The monoisotopic (exact) mass is 290 g/mol. The molecule has 2 N–H and O–H groups in total. The summed E-state index contributed by atoms with van der Waals surface area (Å²) in [6.45, 7) is 1.45. The number of rotatable bonds is 5. The molecule has 0 bridgehead atoms. The van der Waals surface area contributed by atoms with Crippen molar-refractivity contribution in [3.8, 4) is 0 Å². The van der Waals surface area contributed by atoms with Crippen LogP contribution in [0.15, 0.2) is 16.8 Å². The minimum absolute atomic E-state index is 0.0773. The van der Waals surface area contributed by atoms with Gasteiger partial charge in [-0.3, -0.25) is 9.48 Å². The van der Waals surface area contributed by atoms with Gasteiger partial charge in [0.25, 0.3) is 11.7 Å². The van der Waals surface area contributed by atoms with E-state index in [0.717, 1.165) is 25.1 Å². The van der Waals surface area contributed by atoms with Crippen molar-refractivity contribution in [1.82, 2.24) is 30.6 Å². The van der Waals surface area contributed by atoms with Crippen LogP contribution in [-0.4, -0.2) is 38.9 Å². The Labute approximate surface area is 121 Å². The number of carbonyl (C=O) groups is 1. The standard InChI is InChI=1S/C13H18N6O2/c1-19-9(5-8-16-19)4-7-15-12(20)11-17-13(21-18-11)10-3-2-6-14-10/h5,8,10,14H,2-4,6-7H2,1H3,(H,15,20). The minimum atomic E-state index is -0.315. The molecule has 1 atom stereocenters. The molecule has 1 unspecified atom stereocenters. The summed E-state index contributed by atoms with van der Waals surface area (Å²) in [6.07, 6.45) is 4.48. The van der Waals surface area contributed by atoms with Crippen LogP contribution < -0.4 is 10.6 Å². The van der Waals surface area contributed by atoms with Gasteiger partial charge in [-0.15, -0.1) is 0 Å². The van der Waals surface area contributed by atoms with E-state index in [1.165, 1.54) is 0 Å². The average Bonchev–Trinajstić information content (AvgIpc) is 3.19. The minimum Gasteiger partial charge on any atom is -0.349 e. The number of aromatic nitrogens is 4. The van der Waals surface area contributed by atoms with Gasteiger partial charge < -0.3 is 15.2 Å². The number of carbonyl (C=O) groups excluding carboxylic acids is 1. The third-order valence-electron chi connectivity index (χ3n) is 3.59. The zero-order valence-electron chi connectivity index (χ0n) is 11.9. The Hall–Kier alpha value is -2.22. The Balaban J connectivity index is 1.52. The predicted molar refractivity (Wildman–Crippen MR) is 73.5 cm³/mol. The lowest BCUT2D eigenvalue weighted by Gasteiger charge is -2.03. The number of hydrogen-bond donors (Lipinski definition) is 2. The smallest absolute Gasteiger partial charge is 0.292 e. The maximum absolute atomic E-state index is 11.9. The van der Waals surface area contributed by atoms with Crippen molar-refractivity contribution in [3.63, 3.8) is 0 Å². The van der Waals surface area contributed by atoms with Gasteiger partial charge in [-0.1, -0.05) is 5.16 Å². The molecular formula is C13H18N6O2. The van der Waals surface area contributed by atoms with E-state index in [1.807, 2.05) is 13.1 Å². The molecular weight excluding hydrogens is 272 g/mol. The van der Waals surface area contributed by atoms with Crippen molar-refractivity contribution >= 4 is 5.91 Å². The Morgan fingerprint density at radius 3 is 3.24 bits per heavy atom. The van der Waals surface area contributed by atoms with Gasteiger partial charge in [-0.25, -0.2) is 0 Å². The van der Waals surface area contributed by atoms with Crippen LogP contribution in [0.4, 0.5) is 0 Å². The summed E-state index contributed by atoms with van der Waals surface area (Å²) in [6, 6.07) is 2.00. The van der Waals surface area contributed by atoms with Gasteiger partial charge in [-0.05, 0) is 25.5 Å². The van der Waals surface area contributed by atoms with E-state index in [2.05, 4.69) is 25.9 Å². The molecule has 0 radical (unpaired) electrons. The fourth-order valence-electron chi connectivity index (χ4n) is 2.39. The number of nitrogens with one attached hydrogen (secondary N) is 2. The highest BCUT2D eigenvalue weighted by Crippen LogP contribution is 2.20. The molecule has 2 aromatic heterocycles. The fraction of sp³-hybridized carbons (Fsp3) is 0.538. The Morgan fingerprint density at radius 2 is 2.52 bits per heavy atom. The molecule has 1 aliphatic heterocycles. The first kappa shape index (κ1) is 13.7. The van der Waals surface area contributed by atoms with Gasteiger partial charge >= 0.3 is 0 Å². The molecule has 8 nitrogen and oxygen atoms in total.